The second kappa shape index (κ2) is 9.24. The number of carbonyl (C=O) groups is 1. The Balaban J connectivity index is 1.31. The fourth-order valence-corrected chi connectivity index (χ4v) is 3.70. The third kappa shape index (κ3) is 4.69. The van der Waals surface area contributed by atoms with Crippen molar-refractivity contribution in [2.24, 2.45) is 0 Å². The average Bonchev–Trinajstić information content (AvgIpc) is 3.27. The van der Waals surface area contributed by atoms with Gasteiger partial charge in [0.05, 0.1) is 0 Å². The molecule has 5 aromatic rings. The van der Waals surface area contributed by atoms with Gasteiger partial charge in [-0.3, -0.25) is 4.79 Å². The predicted octanol–water partition coefficient (Wildman–Crippen LogP) is 6.94. The highest BCUT2D eigenvalue weighted by molar-refractivity contribution is 6.04. The van der Waals surface area contributed by atoms with Crippen molar-refractivity contribution in [3.8, 4) is 17.2 Å². The number of amides is 1. The van der Waals surface area contributed by atoms with Crippen LogP contribution in [0, 0.1) is 13.8 Å². The van der Waals surface area contributed by atoms with Gasteiger partial charge in [-0.15, -0.1) is 0 Å². The number of aryl methyl sites for hydroxylation is 2. The van der Waals surface area contributed by atoms with E-state index in [4.69, 9.17) is 9.15 Å². The van der Waals surface area contributed by atoms with Gasteiger partial charge in [-0.05, 0) is 79.1 Å². The second-order valence-corrected chi connectivity index (χ2v) is 8.26. The van der Waals surface area contributed by atoms with Gasteiger partial charge in [0, 0.05) is 16.8 Å². The summed E-state index contributed by atoms with van der Waals surface area (Å²) in [7, 11) is 0. The Hall–Kier alpha value is -4.38. The first kappa shape index (κ1) is 21.5. The zero-order valence-electron chi connectivity index (χ0n) is 19.0. The van der Waals surface area contributed by atoms with Crippen molar-refractivity contribution >= 4 is 22.7 Å². The minimum Gasteiger partial charge on any atom is -0.489 e. The number of benzene rings is 4. The Morgan fingerprint density at radius 2 is 1.68 bits per heavy atom. The number of ether oxygens (including phenoxy) is 1. The first-order valence-corrected chi connectivity index (χ1v) is 11.1. The Bertz CT molecular complexity index is 1430. The molecule has 5 rings (SSSR count). The van der Waals surface area contributed by atoms with E-state index < -0.39 is 0 Å². The maximum absolute atomic E-state index is 12.9. The highest BCUT2D eigenvalue weighted by Crippen LogP contribution is 2.28. The van der Waals surface area contributed by atoms with Crippen molar-refractivity contribution in [1.29, 1.82) is 0 Å². The number of hydrogen-bond donors (Lipinski definition) is 1. The second-order valence-electron chi connectivity index (χ2n) is 8.26. The molecule has 5 nitrogen and oxygen atoms in total. The number of nitrogens with zero attached hydrogens (tertiary/aromatic N) is 1. The van der Waals surface area contributed by atoms with Crippen LogP contribution < -0.4 is 10.1 Å². The highest BCUT2D eigenvalue weighted by Gasteiger charge is 2.12. The van der Waals surface area contributed by atoms with Crippen molar-refractivity contribution in [3.63, 3.8) is 0 Å². The lowest BCUT2D eigenvalue weighted by Crippen LogP contribution is -2.12. The molecule has 0 aliphatic carbocycles. The molecule has 0 saturated carbocycles. The minimum absolute atomic E-state index is 0.217. The van der Waals surface area contributed by atoms with Crippen LogP contribution in [0.4, 0.5) is 5.69 Å². The third-order valence-corrected chi connectivity index (χ3v) is 5.72. The van der Waals surface area contributed by atoms with E-state index in [0.717, 1.165) is 27.8 Å². The van der Waals surface area contributed by atoms with E-state index in [1.54, 1.807) is 12.1 Å². The molecule has 168 valence electrons. The maximum Gasteiger partial charge on any atom is 0.255 e. The molecule has 0 atom stereocenters. The van der Waals surface area contributed by atoms with Crippen LogP contribution in [0.1, 0.15) is 27.0 Å². The molecule has 5 heteroatoms. The van der Waals surface area contributed by atoms with Crippen LogP contribution in [0.3, 0.4) is 0 Å². The molecule has 4 aromatic carbocycles. The van der Waals surface area contributed by atoms with Crippen LogP contribution in [0.5, 0.6) is 5.75 Å². The van der Waals surface area contributed by atoms with Gasteiger partial charge >= 0.3 is 0 Å². The average molecular weight is 449 g/mol. The van der Waals surface area contributed by atoms with E-state index in [2.05, 4.69) is 24.1 Å². The molecule has 0 spiro atoms. The number of fused-ring (bicyclic) bond motifs is 1. The zero-order chi connectivity index (χ0) is 23.5. The van der Waals surface area contributed by atoms with Crippen molar-refractivity contribution < 1.29 is 13.9 Å². The fourth-order valence-electron chi connectivity index (χ4n) is 3.70. The highest BCUT2D eigenvalue weighted by atomic mass is 16.5. The van der Waals surface area contributed by atoms with Crippen LogP contribution in [-0.2, 0) is 6.61 Å². The summed E-state index contributed by atoms with van der Waals surface area (Å²) in [6, 6.07) is 28.6. The quantitative estimate of drug-likeness (QED) is 0.305. The van der Waals surface area contributed by atoms with Gasteiger partial charge in [0.1, 0.15) is 17.9 Å². The van der Waals surface area contributed by atoms with Gasteiger partial charge in [-0.25, -0.2) is 4.98 Å². The Morgan fingerprint density at radius 3 is 2.53 bits per heavy atom. The van der Waals surface area contributed by atoms with Gasteiger partial charge in [-0.2, -0.15) is 0 Å². The molecule has 1 N–H and O–H groups in total. The monoisotopic (exact) mass is 448 g/mol. The number of anilines is 1. The summed E-state index contributed by atoms with van der Waals surface area (Å²) in [4.78, 5) is 17.5. The lowest BCUT2D eigenvalue weighted by Gasteiger charge is -2.09. The summed E-state index contributed by atoms with van der Waals surface area (Å²) < 4.78 is 11.8. The van der Waals surface area contributed by atoms with Crippen molar-refractivity contribution in [3.05, 3.63) is 113 Å². The van der Waals surface area contributed by atoms with Gasteiger partial charge in [0.25, 0.3) is 5.91 Å². The molecule has 1 heterocycles. The van der Waals surface area contributed by atoms with Crippen LogP contribution in [0.15, 0.2) is 95.4 Å². The standard InChI is InChI=1S/C29H24N2O3/c1-19-14-26-27(15-20(19)2)34-29(31-26)23-11-6-12-24(16-23)30-28(32)22-10-7-13-25(17-22)33-18-21-8-4-3-5-9-21/h3-17H,18H2,1-2H3,(H,30,32). The number of oxazole rings is 1. The molecule has 1 aromatic heterocycles. The molecular weight excluding hydrogens is 424 g/mol. The van der Waals surface area contributed by atoms with Crippen LogP contribution in [-0.4, -0.2) is 10.9 Å². The maximum atomic E-state index is 12.9. The lowest BCUT2D eigenvalue weighted by molar-refractivity contribution is 0.102. The van der Waals surface area contributed by atoms with E-state index >= 15 is 0 Å². The molecule has 0 saturated heterocycles. The summed E-state index contributed by atoms with van der Waals surface area (Å²) in [5.41, 5.74) is 6.94. The summed E-state index contributed by atoms with van der Waals surface area (Å²) >= 11 is 0. The number of carbonyl (C=O) groups excluding carboxylic acids is 1. The number of rotatable bonds is 6. The fraction of sp³-hybridized carbons (Fsp3) is 0.103. The van der Waals surface area contributed by atoms with E-state index in [-0.39, 0.29) is 5.91 Å². The van der Waals surface area contributed by atoms with E-state index in [1.807, 2.05) is 78.9 Å². The molecule has 0 bridgehead atoms. The molecular formula is C29H24N2O3. The van der Waals surface area contributed by atoms with Crippen molar-refractivity contribution in [2.75, 3.05) is 5.32 Å². The van der Waals surface area contributed by atoms with Crippen LogP contribution >= 0.6 is 0 Å². The Kier molecular flexibility index (Phi) is 5.83. The molecule has 1 amide bonds. The zero-order valence-corrected chi connectivity index (χ0v) is 19.0. The molecule has 0 radical (unpaired) electrons. The van der Waals surface area contributed by atoms with Gasteiger partial charge in [0.15, 0.2) is 5.58 Å². The smallest absolute Gasteiger partial charge is 0.255 e. The molecule has 0 unspecified atom stereocenters. The van der Waals surface area contributed by atoms with Crippen LogP contribution in [0.25, 0.3) is 22.6 Å². The Morgan fingerprint density at radius 1 is 0.882 bits per heavy atom. The van der Waals surface area contributed by atoms with Crippen molar-refractivity contribution in [1.82, 2.24) is 4.98 Å². The topological polar surface area (TPSA) is 64.4 Å². The molecule has 34 heavy (non-hydrogen) atoms. The summed E-state index contributed by atoms with van der Waals surface area (Å²) in [5.74, 6) is 0.945. The molecule has 0 fully saturated rings. The molecule has 0 aliphatic heterocycles. The first-order valence-electron chi connectivity index (χ1n) is 11.1. The van der Waals surface area contributed by atoms with E-state index in [1.165, 1.54) is 5.56 Å². The SMILES string of the molecule is Cc1cc2nc(-c3cccc(NC(=O)c4cccc(OCc5ccccc5)c4)c3)oc2cc1C. The first-order chi connectivity index (χ1) is 16.5. The number of nitrogens with one attached hydrogen (secondary N) is 1. The molecule has 0 aliphatic rings. The number of hydrogen-bond acceptors (Lipinski definition) is 4. The largest absolute Gasteiger partial charge is 0.489 e. The van der Waals surface area contributed by atoms with E-state index in [9.17, 15) is 4.79 Å². The Labute approximate surface area is 198 Å². The summed E-state index contributed by atoms with van der Waals surface area (Å²) in [6.07, 6.45) is 0. The summed E-state index contributed by atoms with van der Waals surface area (Å²) in [6.45, 7) is 4.55. The van der Waals surface area contributed by atoms with Crippen molar-refractivity contribution in [2.45, 2.75) is 20.5 Å². The minimum atomic E-state index is -0.217. The number of aromatic nitrogens is 1. The van der Waals surface area contributed by atoms with Gasteiger partial charge in [-0.1, -0.05) is 42.5 Å². The summed E-state index contributed by atoms with van der Waals surface area (Å²) in [5, 5.41) is 2.96. The van der Waals surface area contributed by atoms with Crippen LogP contribution in [0.2, 0.25) is 0 Å². The predicted molar refractivity (Wildman–Crippen MR) is 134 cm³/mol. The van der Waals surface area contributed by atoms with E-state index in [0.29, 0.717) is 29.5 Å². The lowest BCUT2D eigenvalue weighted by atomic mass is 10.1. The van der Waals surface area contributed by atoms with Gasteiger partial charge < -0.3 is 14.5 Å². The third-order valence-electron chi connectivity index (χ3n) is 5.72. The normalized spacial score (nSPS) is 10.9. The van der Waals surface area contributed by atoms with Gasteiger partial charge in [0.2, 0.25) is 5.89 Å².